The third-order valence-electron chi connectivity index (χ3n) is 2.35. The third kappa shape index (κ3) is 3.21. The predicted octanol–water partition coefficient (Wildman–Crippen LogP) is 2.09. The van der Waals surface area contributed by atoms with E-state index in [1.54, 1.807) is 23.8 Å². The maximum absolute atomic E-state index is 12.0. The highest BCUT2D eigenvalue weighted by Gasteiger charge is 2.18. The maximum Gasteiger partial charge on any atom is 0.341 e. The molecule has 0 atom stereocenters. The molecule has 0 bridgehead atoms. The lowest BCUT2D eigenvalue weighted by Gasteiger charge is -2.04. The minimum absolute atomic E-state index is 0.286. The van der Waals surface area contributed by atoms with Gasteiger partial charge in [0.2, 0.25) is 0 Å². The van der Waals surface area contributed by atoms with E-state index < -0.39 is 5.97 Å². The van der Waals surface area contributed by atoms with Crippen LogP contribution in [0.5, 0.6) is 0 Å². The molecule has 2 heterocycles. The van der Waals surface area contributed by atoms with Crippen LogP contribution in [-0.4, -0.2) is 23.5 Å². The van der Waals surface area contributed by atoms with Gasteiger partial charge in [0.05, 0.1) is 12.2 Å². The van der Waals surface area contributed by atoms with E-state index >= 15 is 0 Å². The molecule has 3 N–H and O–H groups in total. The van der Waals surface area contributed by atoms with Crippen LogP contribution in [0.15, 0.2) is 16.8 Å². The second kappa shape index (κ2) is 6.60. The third-order valence-corrected chi connectivity index (χ3v) is 4.05. The molecule has 0 fully saturated rings. The number of carbonyl (C=O) groups excluding carboxylic acids is 2. The monoisotopic (exact) mass is 311 g/mol. The number of aromatic nitrogens is 1. The number of hydrogen-bond donors (Lipinski definition) is 2. The zero-order valence-corrected chi connectivity index (χ0v) is 12.3. The molecule has 0 aliphatic carbocycles. The Hall–Kier alpha value is -1.77. The van der Waals surface area contributed by atoms with Gasteiger partial charge in [0.25, 0.3) is 5.91 Å². The number of anilines is 1. The van der Waals surface area contributed by atoms with Crippen LogP contribution in [0.1, 0.15) is 32.8 Å². The van der Waals surface area contributed by atoms with Gasteiger partial charge in [-0.2, -0.15) is 0 Å². The normalized spacial score (nSPS) is 10.3. The number of nitrogens with one attached hydrogen (secondary N) is 1. The van der Waals surface area contributed by atoms with Crippen LogP contribution in [0, 0.1) is 0 Å². The molecule has 0 saturated carbocycles. The number of nitrogens with zero attached hydrogens (tertiary/aromatic N) is 1. The highest BCUT2D eigenvalue weighted by molar-refractivity contribution is 7.14. The summed E-state index contributed by atoms with van der Waals surface area (Å²) < 4.78 is 4.92. The van der Waals surface area contributed by atoms with Gasteiger partial charge in [0, 0.05) is 11.9 Å². The summed E-state index contributed by atoms with van der Waals surface area (Å²) in [5, 5.41) is 7.16. The summed E-state index contributed by atoms with van der Waals surface area (Å²) in [6, 6.07) is 1.62. The van der Waals surface area contributed by atoms with E-state index in [-0.39, 0.29) is 12.5 Å². The van der Waals surface area contributed by atoms with Crippen LogP contribution in [0.3, 0.4) is 0 Å². The molecule has 0 aromatic carbocycles. The van der Waals surface area contributed by atoms with Gasteiger partial charge in [-0.15, -0.1) is 22.7 Å². The second-order valence-corrected chi connectivity index (χ2v) is 5.53. The lowest BCUT2D eigenvalue weighted by molar-refractivity contribution is 0.0528. The largest absolute Gasteiger partial charge is 0.462 e. The van der Waals surface area contributed by atoms with Gasteiger partial charge >= 0.3 is 5.97 Å². The quantitative estimate of drug-likeness (QED) is 0.825. The average molecular weight is 311 g/mol. The van der Waals surface area contributed by atoms with Crippen molar-refractivity contribution in [3.8, 4) is 0 Å². The predicted molar refractivity (Wildman–Crippen MR) is 78.2 cm³/mol. The average Bonchev–Trinajstić information content (AvgIpc) is 3.07. The fraction of sp³-hybridized carbons (Fsp3) is 0.250. The van der Waals surface area contributed by atoms with E-state index in [2.05, 4.69) is 10.3 Å². The summed E-state index contributed by atoms with van der Waals surface area (Å²) in [5.41, 5.74) is 6.09. The smallest absolute Gasteiger partial charge is 0.341 e. The summed E-state index contributed by atoms with van der Waals surface area (Å²) in [5.74, 6) is -0.820. The van der Waals surface area contributed by atoms with Gasteiger partial charge in [-0.3, -0.25) is 4.79 Å². The van der Waals surface area contributed by atoms with Crippen molar-refractivity contribution in [2.75, 3.05) is 11.9 Å². The van der Waals surface area contributed by atoms with Gasteiger partial charge in [0.1, 0.15) is 15.7 Å². The van der Waals surface area contributed by atoms with Crippen LogP contribution in [-0.2, 0) is 11.3 Å². The molecule has 2 aromatic rings. The number of carbonyl (C=O) groups is 2. The Morgan fingerprint density at radius 2 is 2.25 bits per heavy atom. The Morgan fingerprint density at radius 3 is 2.90 bits per heavy atom. The van der Waals surface area contributed by atoms with Gasteiger partial charge in [-0.05, 0) is 18.4 Å². The Kier molecular flexibility index (Phi) is 4.83. The molecule has 0 aliphatic rings. The van der Waals surface area contributed by atoms with E-state index in [4.69, 9.17) is 10.5 Å². The van der Waals surface area contributed by atoms with Crippen molar-refractivity contribution in [3.63, 3.8) is 0 Å². The van der Waals surface area contributed by atoms with Crippen molar-refractivity contribution in [3.05, 3.63) is 33.1 Å². The molecule has 8 heteroatoms. The first-order chi connectivity index (χ1) is 9.65. The summed E-state index contributed by atoms with van der Waals surface area (Å²) in [7, 11) is 0. The molecule has 1 amide bonds. The molecule has 2 rings (SSSR count). The summed E-state index contributed by atoms with van der Waals surface area (Å²) in [6.07, 6.45) is 0. The van der Waals surface area contributed by atoms with Crippen molar-refractivity contribution in [2.24, 2.45) is 5.73 Å². The van der Waals surface area contributed by atoms with Gasteiger partial charge in [-0.1, -0.05) is 0 Å². The Balaban J connectivity index is 2.12. The summed E-state index contributed by atoms with van der Waals surface area (Å²) in [4.78, 5) is 27.8. The summed E-state index contributed by atoms with van der Waals surface area (Å²) in [6.45, 7) is 2.31. The number of nitrogens with two attached hydrogens (primary N) is 1. The van der Waals surface area contributed by atoms with Crippen molar-refractivity contribution in [1.82, 2.24) is 4.98 Å². The molecule has 0 saturated heterocycles. The van der Waals surface area contributed by atoms with Crippen molar-refractivity contribution in [2.45, 2.75) is 13.5 Å². The number of ether oxygens (including phenoxy) is 1. The van der Waals surface area contributed by atoms with Crippen LogP contribution in [0.2, 0.25) is 0 Å². The van der Waals surface area contributed by atoms with E-state index in [9.17, 15) is 9.59 Å². The van der Waals surface area contributed by atoms with Crippen LogP contribution in [0.4, 0.5) is 5.00 Å². The topological polar surface area (TPSA) is 94.3 Å². The van der Waals surface area contributed by atoms with Crippen molar-refractivity contribution >= 4 is 39.6 Å². The lowest BCUT2D eigenvalue weighted by Crippen LogP contribution is -2.14. The zero-order valence-electron chi connectivity index (χ0n) is 10.7. The number of thiazole rings is 1. The van der Waals surface area contributed by atoms with E-state index in [1.807, 2.05) is 0 Å². The van der Waals surface area contributed by atoms with Crippen molar-refractivity contribution in [1.29, 1.82) is 0 Å². The highest BCUT2D eigenvalue weighted by Crippen LogP contribution is 2.25. The van der Waals surface area contributed by atoms with Gasteiger partial charge in [0.15, 0.2) is 0 Å². The Labute approximate surface area is 123 Å². The SMILES string of the molecule is CCOC(=O)c1ccsc1NC(=O)c1csc(CN)n1. The first-order valence-corrected chi connectivity index (χ1v) is 7.62. The molecule has 20 heavy (non-hydrogen) atoms. The first-order valence-electron chi connectivity index (χ1n) is 5.86. The molecule has 2 aromatic heterocycles. The maximum atomic E-state index is 12.0. The number of esters is 1. The molecule has 106 valence electrons. The Morgan fingerprint density at radius 1 is 1.45 bits per heavy atom. The standard InChI is InChI=1S/C12H13N3O3S2/c1-2-18-12(17)7-3-4-19-11(7)15-10(16)8-6-20-9(5-13)14-8/h3-4,6H,2,5,13H2,1H3,(H,15,16). The number of hydrogen-bond acceptors (Lipinski definition) is 7. The second-order valence-electron chi connectivity index (χ2n) is 3.67. The van der Waals surface area contributed by atoms with E-state index in [0.717, 1.165) is 0 Å². The van der Waals surface area contributed by atoms with E-state index in [1.165, 1.54) is 22.7 Å². The van der Waals surface area contributed by atoms with Gasteiger partial charge < -0.3 is 15.8 Å². The minimum Gasteiger partial charge on any atom is -0.462 e. The van der Waals surface area contributed by atoms with E-state index in [0.29, 0.717) is 27.8 Å². The molecular weight excluding hydrogens is 298 g/mol. The summed E-state index contributed by atoms with van der Waals surface area (Å²) >= 11 is 2.58. The molecule has 0 radical (unpaired) electrons. The van der Waals surface area contributed by atoms with Gasteiger partial charge in [-0.25, -0.2) is 9.78 Å². The number of rotatable bonds is 5. The van der Waals surface area contributed by atoms with Crippen LogP contribution in [0.25, 0.3) is 0 Å². The van der Waals surface area contributed by atoms with Crippen LogP contribution >= 0.6 is 22.7 Å². The zero-order chi connectivity index (χ0) is 14.5. The number of thiophene rings is 1. The fourth-order valence-corrected chi connectivity index (χ4v) is 2.88. The molecule has 0 spiro atoms. The Bertz CT molecular complexity index is 621. The molecule has 6 nitrogen and oxygen atoms in total. The first kappa shape index (κ1) is 14.6. The molecular formula is C12H13N3O3S2. The lowest BCUT2D eigenvalue weighted by atomic mass is 10.3. The number of amides is 1. The highest BCUT2D eigenvalue weighted by atomic mass is 32.1. The van der Waals surface area contributed by atoms with Crippen molar-refractivity contribution < 1.29 is 14.3 Å². The minimum atomic E-state index is -0.454. The van der Waals surface area contributed by atoms with Crippen LogP contribution < -0.4 is 11.1 Å². The molecule has 0 unspecified atom stereocenters. The fourth-order valence-electron chi connectivity index (χ4n) is 1.45. The molecule has 0 aliphatic heterocycles.